The van der Waals surface area contributed by atoms with Gasteiger partial charge in [-0.25, -0.2) is 0 Å². The smallest absolute Gasteiger partial charge is 0.234 e. The first-order valence-corrected chi connectivity index (χ1v) is 11.4. The summed E-state index contributed by atoms with van der Waals surface area (Å²) in [7, 11) is 0. The average molecular weight is 460 g/mol. The highest BCUT2D eigenvalue weighted by molar-refractivity contribution is 7.99. The van der Waals surface area contributed by atoms with Gasteiger partial charge in [-0.2, -0.15) is 0 Å². The number of aromatic nitrogens is 4. The normalized spacial score (nSPS) is 12.4. The molecule has 1 amide bonds. The van der Waals surface area contributed by atoms with E-state index in [9.17, 15) is 4.79 Å². The van der Waals surface area contributed by atoms with Crippen molar-refractivity contribution in [2.24, 2.45) is 0 Å². The van der Waals surface area contributed by atoms with Gasteiger partial charge in [-0.3, -0.25) is 14.3 Å². The molecule has 1 N–H and O–H groups in total. The molecule has 5 rings (SSSR count). The standard InChI is InChI=1S/C24H21N5O3S/c1-16-4-2-3-5-19(16)29-23(17-8-10-25-11-9-17)27-28-24(29)33-15-22(30)26-18-6-7-20-21(14-18)32-13-12-31-20/h2-11,14H,12-13,15H2,1H3,(H,26,30). The van der Waals surface area contributed by atoms with Gasteiger partial charge in [0.15, 0.2) is 22.5 Å². The van der Waals surface area contributed by atoms with E-state index in [1.807, 2.05) is 47.9 Å². The summed E-state index contributed by atoms with van der Waals surface area (Å²) in [6.45, 7) is 3.06. The van der Waals surface area contributed by atoms with Crippen molar-refractivity contribution in [1.29, 1.82) is 0 Å². The highest BCUT2D eigenvalue weighted by atomic mass is 32.2. The van der Waals surface area contributed by atoms with Crippen LogP contribution in [-0.2, 0) is 4.79 Å². The van der Waals surface area contributed by atoms with Crippen molar-refractivity contribution in [3.8, 4) is 28.6 Å². The Morgan fingerprint density at radius 1 is 1.03 bits per heavy atom. The Bertz CT molecular complexity index is 1290. The summed E-state index contributed by atoms with van der Waals surface area (Å²) in [5.41, 5.74) is 3.59. The number of nitrogens with zero attached hydrogens (tertiary/aromatic N) is 4. The molecule has 0 saturated heterocycles. The van der Waals surface area contributed by atoms with E-state index < -0.39 is 0 Å². The highest BCUT2D eigenvalue weighted by Gasteiger charge is 2.19. The Balaban J connectivity index is 1.37. The number of pyridine rings is 1. The number of thioether (sulfide) groups is 1. The molecule has 0 aliphatic carbocycles. The molecule has 0 saturated carbocycles. The first-order valence-electron chi connectivity index (χ1n) is 10.4. The number of amides is 1. The van der Waals surface area contributed by atoms with E-state index >= 15 is 0 Å². The van der Waals surface area contributed by atoms with E-state index in [1.54, 1.807) is 30.6 Å². The number of hydrogen-bond donors (Lipinski definition) is 1. The van der Waals surface area contributed by atoms with Gasteiger partial charge < -0.3 is 14.8 Å². The summed E-state index contributed by atoms with van der Waals surface area (Å²) >= 11 is 1.33. The van der Waals surface area contributed by atoms with Gasteiger partial charge in [0.1, 0.15) is 13.2 Å². The number of carbonyl (C=O) groups is 1. The van der Waals surface area contributed by atoms with Crippen LogP contribution >= 0.6 is 11.8 Å². The number of rotatable bonds is 6. The molecule has 0 spiro atoms. The fraction of sp³-hybridized carbons (Fsp3) is 0.167. The number of hydrogen-bond acceptors (Lipinski definition) is 7. The lowest BCUT2D eigenvalue weighted by atomic mass is 10.2. The van der Waals surface area contributed by atoms with E-state index in [2.05, 4.69) is 20.5 Å². The molecule has 2 aromatic heterocycles. The highest BCUT2D eigenvalue weighted by Crippen LogP contribution is 2.33. The van der Waals surface area contributed by atoms with Gasteiger partial charge in [-0.15, -0.1) is 10.2 Å². The summed E-state index contributed by atoms with van der Waals surface area (Å²) < 4.78 is 13.1. The van der Waals surface area contributed by atoms with Crippen molar-refractivity contribution in [3.05, 3.63) is 72.6 Å². The van der Waals surface area contributed by atoms with E-state index in [0.717, 1.165) is 16.8 Å². The van der Waals surface area contributed by atoms with Crippen LogP contribution < -0.4 is 14.8 Å². The van der Waals surface area contributed by atoms with Crippen molar-refractivity contribution in [3.63, 3.8) is 0 Å². The maximum Gasteiger partial charge on any atom is 0.234 e. The first-order chi connectivity index (χ1) is 16.2. The second-order valence-electron chi connectivity index (χ2n) is 7.36. The second-order valence-corrected chi connectivity index (χ2v) is 8.30. The number of para-hydroxylation sites is 1. The van der Waals surface area contributed by atoms with Gasteiger partial charge in [-0.05, 0) is 42.8 Å². The predicted octanol–water partition coefficient (Wildman–Crippen LogP) is 4.14. The SMILES string of the molecule is Cc1ccccc1-n1c(SCC(=O)Nc2ccc3c(c2)OCCO3)nnc1-c1ccncc1. The molecule has 0 radical (unpaired) electrons. The van der Waals surface area contributed by atoms with Gasteiger partial charge in [0, 0.05) is 29.7 Å². The Morgan fingerprint density at radius 3 is 2.64 bits per heavy atom. The molecule has 0 fully saturated rings. The maximum atomic E-state index is 12.7. The summed E-state index contributed by atoms with van der Waals surface area (Å²) in [4.78, 5) is 16.8. The van der Waals surface area contributed by atoms with E-state index in [-0.39, 0.29) is 11.7 Å². The second kappa shape index (κ2) is 9.33. The summed E-state index contributed by atoms with van der Waals surface area (Å²) in [5.74, 6) is 2.04. The molecule has 8 nitrogen and oxygen atoms in total. The lowest BCUT2D eigenvalue weighted by molar-refractivity contribution is -0.113. The minimum atomic E-state index is -0.151. The molecular formula is C24H21N5O3S. The third-order valence-electron chi connectivity index (χ3n) is 5.09. The molecular weight excluding hydrogens is 438 g/mol. The van der Waals surface area contributed by atoms with Crippen molar-refractivity contribution in [2.75, 3.05) is 24.3 Å². The number of aryl methyl sites for hydroxylation is 1. The first kappa shape index (κ1) is 21.0. The largest absolute Gasteiger partial charge is 0.486 e. The van der Waals surface area contributed by atoms with E-state index in [1.165, 1.54) is 11.8 Å². The van der Waals surface area contributed by atoms with Gasteiger partial charge in [0.05, 0.1) is 11.4 Å². The van der Waals surface area contributed by atoms with Gasteiger partial charge >= 0.3 is 0 Å². The lowest BCUT2D eigenvalue weighted by Gasteiger charge is -2.19. The number of fused-ring (bicyclic) bond motifs is 1. The lowest BCUT2D eigenvalue weighted by Crippen LogP contribution is -2.17. The summed E-state index contributed by atoms with van der Waals surface area (Å²) in [5, 5.41) is 12.3. The summed E-state index contributed by atoms with van der Waals surface area (Å²) in [6, 6.07) is 17.2. The van der Waals surface area contributed by atoms with Crippen molar-refractivity contribution >= 4 is 23.4 Å². The van der Waals surface area contributed by atoms with E-state index in [0.29, 0.717) is 41.4 Å². The Kier molecular flexibility index (Phi) is 5.95. The van der Waals surface area contributed by atoms with Crippen LogP contribution in [0.2, 0.25) is 0 Å². The van der Waals surface area contributed by atoms with Gasteiger partial charge in [0.2, 0.25) is 5.91 Å². The third-order valence-corrected chi connectivity index (χ3v) is 6.02. The van der Waals surface area contributed by atoms with E-state index in [4.69, 9.17) is 9.47 Å². The van der Waals surface area contributed by atoms with Crippen LogP contribution in [0.4, 0.5) is 5.69 Å². The topological polar surface area (TPSA) is 91.2 Å². The Labute approximate surface area is 195 Å². The van der Waals surface area contributed by atoms with Crippen LogP contribution in [0.5, 0.6) is 11.5 Å². The van der Waals surface area contributed by atoms with Gasteiger partial charge in [-0.1, -0.05) is 30.0 Å². The molecule has 9 heteroatoms. The Hall–Kier alpha value is -3.85. The molecule has 0 atom stereocenters. The molecule has 1 aliphatic heterocycles. The van der Waals surface area contributed by atoms with Crippen molar-refractivity contribution < 1.29 is 14.3 Å². The zero-order valence-electron chi connectivity index (χ0n) is 17.9. The van der Waals surface area contributed by atoms with Crippen molar-refractivity contribution in [1.82, 2.24) is 19.7 Å². The number of benzene rings is 2. The average Bonchev–Trinajstić information content (AvgIpc) is 3.27. The Morgan fingerprint density at radius 2 is 1.82 bits per heavy atom. The number of nitrogens with one attached hydrogen (secondary N) is 1. The van der Waals surface area contributed by atoms with Gasteiger partial charge in [0.25, 0.3) is 0 Å². The van der Waals surface area contributed by atoms with Crippen molar-refractivity contribution in [2.45, 2.75) is 12.1 Å². The fourth-order valence-corrected chi connectivity index (χ4v) is 4.28. The minimum Gasteiger partial charge on any atom is -0.486 e. The molecule has 1 aliphatic rings. The number of anilines is 1. The maximum absolute atomic E-state index is 12.7. The minimum absolute atomic E-state index is 0.151. The summed E-state index contributed by atoms with van der Waals surface area (Å²) in [6.07, 6.45) is 3.44. The monoisotopic (exact) mass is 459 g/mol. The number of carbonyl (C=O) groups excluding carboxylic acids is 1. The third kappa shape index (κ3) is 4.54. The fourth-order valence-electron chi connectivity index (χ4n) is 3.53. The molecule has 2 aromatic carbocycles. The van der Waals surface area contributed by atoms with Crippen LogP contribution in [-0.4, -0.2) is 44.6 Å². The van der Waals surface area contributed by atoms with Crippen LogP contribution in [0.25, 0.3) is 17.1 Å². The zero-order chi connectivity index (χ0) is 22.6. The van der Waals surface area contributed by atoms with Crippen LogP contribution in [0.3, 0.4) is 0 Å². The van der Waals surface area contributed by atoms with Crippen LogP contribution in [0, 0.1) is 6.92 Å². The quantitative estimate of drug-likeness (QED) is 0.433. The molecule has 0 bridgehead atoms. The number of ether oxygens (including phenoxy) is 2. The molecule has 0 unspecified atom stereocenters. The van der Waals surface area contributed by atoms with Crippen LogP contribution in [0.1, 0.15) is 5.56 Å². The molecule has 3 heterocycles. The molecule has 4 aromatic rings. The van der Waals surface area contributed by atoms with Crippen LogP contribution in [0.15, 0.2) is 72.1 Å². The zero-order valence-corrected chi connectivity index (χ0v) is 18.7. The molecule has 33 heavy (non-hydrogen) atoms. The molecule has 166 valence electrons. The predicted molar refractivity (Wildman–Crippen MR) is 126 cm³/mol.